The van der Waals surface area contributed by atoms with Crippen LogP contribution in [-0.2, 0) is 19.7 Å². The third kappa shape index (κ3) is 3.09. The number of carbonyl (C=O) groups excluding carboxylic acids is 3. The maximum absolute atomic E-state index is 13.6. The lowest BCUT2D eigenvalue weighted by molar-refractivity contribution is -0.140. The van der Waals surface area contributed by atoms with Gasteiger partial charge in [0.15, 0.2) is 0 Å². The summed E-state index contributed by atoms with van der Waals surface area (Å²) in [4.78, 5) is 46.1. The largest absolute Gasteiger partial charge is 0.468 e. The van der Waals surface area contributed by atoms with E-state index in [0.717, 1.165) is 20.9 Å². The number of carbonyl (C=O) groups is 3. The summed E-state index contributed by atoms with van der Waals surface area (Å²) in [6, 6.07) is 7.31. The summed E-state index contributed by atoms with van der Waals surface area (Å²) in [6.07, 6.45) is 4.16. The van der Waals surface area contributed by atoms with E-state index in [9.17, 15) is 14.4 Å². The first-order chi connectivity index (χ1) is 15.4. The van der Waals surface area contributed by atoms with Crippen molar-refractivity contribution in [3.8, 4) is 0 Å². The third-order valence-corrected chi connectivity index (χ3v) is 7.04. The number of pyridine rings is 1. The SMILES string of the molecule is COC(=O)CN1C(=O)C2(CCN(C(=O)c3cc4cn[nH]c4cn3)CC2)c2c(Br)cccc21. The number of ether oxygens (including phenoxy) is 1. The van der Waals surface area contributed by atoms with Crippen LogP contribution in [0, 0.1) is 0 Å². The van der Waals surface area contributed by atoms with Gasteiger partial charge in [0.05, 0.1) is 30.4 Å². The van der Waals surface area contributed by atoms with Crippen LogP contribution in [-0.4, -0.2) is 64.6 Å². The fourth-order valence-corrected chi connectivity index (χ4v) is 5.45. The first-order valence-electron chi connectivity index (χ1n) is 10.2. The smallest absolute Gasteiger partial charge is 0.325 e. The molecule has 0 aliphatic carbocycles. The lowest BCUT2D eigenvalue weighted by Crippen LogP contribution is -2.51. The number of aromatic amines is 1. The predicted molar refractivity (Wildman–Crippen MR) is 119 cm³/mol. The second kappa shape index (κ2) is 7.70. The molecule has 1 N–H and O–H groups in total. The van der Waals surface area contributed by atoms with Crippen LogP contribution in [0.15, 0.2) is 41.1 Å². The van der Waals surface area contributed by atoms with Gasteiger partial charge in [0.25, 0.3) is 5.91 Å². The number of nitrogens with one attached hydrogen (secondary N) is 1. The summed E-state index contributed by atoms with van der Waals surface area (Å²) < 4.78 is 5.61. The van der Waals surface area contributed by atoms with Gasteiger partial charge in [-0.15, -0.1) is 0 Å². The molecule has 10 heteroatoms. The van der Waals surface area contributed by atoms with E-state index in [1.807, 2.05) is 18.2 Å². The van der Waals surface area contributed by atoms with Crippen molar-refractivity contribution in [3.05, 3.63) is 52.4 Å². The average molecular weight is 498 g/mol. The molecule has 2 aliphatic rings. The molecule has 32 heavy (non-hydrogen) atoms. The van der Waals surface area contributed by atoms with Gasteiger partial charge in [-0.25, -0.2) is 4.98 Å². The zero-order chi connectivity index (χ0) is 22.5. The van der Waals surface area contributed by atoms with Crippen LogP contribution in [0.25, 0.3) is 10.9 Å². The molecule has 164 valence electrons. The van der Waals surface area contributed by atoms with Gasteiger partial charge < -0.3 is 14.5 Å². The van der Waals surface area contributed by atoms with Gasteiger partial charge in [-0.3, -0.25) is 19.5 Å². The zero-order valence-electron chi connectivity index (χ0n) is 17.3. The highest BCUT2D eigenvalue weighted by Crippen LogP contribution is 2.50. The second-order valence-electron chi connectivity index (χ2n) is 8.00. The molecule has 1 spiro atoms. The zero-order valence-corrected chi connectivity index (χ0v) is 18.9. The highest BCUT2D eigenvalue weighted by molar-refractivity contribution is 9.10. The van der Waals surface area contributed by atoms with Crippen molar-refractivity contribution in [2.75, 3.05) is 31.6 Å². The van der Waals surface area contributed by atoms with E-state index < -0.39 is 11.4 Å². The number of benzene rings is 1. The fraction of sp³-hybridized carbons (Fsp3) is 0.318. The summed E-state index contributed by atoms with van der Waals surface area (Å²) in [5.41, 5.74) is 1.91. The van der Waals surface area contributed by atoms with Crippen molar-refractivity contribution in [2.45, 2.75) is 18.3 Å². The van der Waals surface area contributed by atoms with Gasteiger partial charge in [0, 0.05) is 34.2 Å². The molecule has 2 aromatic heterocycles. The third-order valence-electron chi connectivity index (χ3n) is 6.38. The average Bonchev–Trinajstić information content (AvgIpc) is 3.37. The minimum atomic E-state index is -0.790. The Hall–Kier alpha value is -3.27. The number of amides is 2. The Morgan fingerprint density at radius 1 is 1.25 bits per heavy atom. The minimum Gasteiger partial charge on any atom is -0.468 e. The van der Waals surface area contributed by atoms with Gasteiger partial charge in [-0.2, -0.15) is 5.10 Å². The number of anilines is 1. The van der Waals surface area contributed by atoms with Gasteiger partial charge in [-0.05, 0) is 31.0 Å². The Kier molecular flexibility index (Phi) is 4.96. The molecule has 5 rings (SSSR count). The molecule has 1 saturated heterocycles. The quantitative estimate of drug-likeness (QED) is 0.556. The van der Waals surface area contributed by atoms with Crippen molar-refractivity contribution in [2.24, 2.45) is 0 Å². The van der Waals surface area contributed by atoms with Crippen molar-refractivity contribution < 1.29 is 19.1 Å². The van der Waals surface area contributed by atoms with E-state index in [2.05, 4.69) is 31.1 Å². The molecule has 0 atom stereocenters. The van der Waals surface area contributed by atoms with Gasteiger partial charge >= 0.3 is 5.97 Å². The highest BCUT2D eigenvalue weighted by Gasteiger charge is 2.53. The fourth-order valence-electron chi connectivity index (χ4n) is 4.71. The molecule has 2 aliphatic heterocycles. The monoisotopic (exact) mass is 497 g/mol. The summed E-state index contributed by atoms with van der Waals surface area (Å²) in [6.45, 7) is 0.669. The van der Waals surface area contributed by atoms with Crippen LogP contribution >= 0.6 is 15.9 Å². The number of H-pyrrole nitrogens is 1. The first kappa shape index (κ1) is 20.6. The van der Waals surface area contributed by atoms with Crippen LogP contribution in [0.1, 0.15) is 28.9 Å². The number of rotatable bonds is 3. The molecule has 3 aromatic rings. The molecule has 0 radical (unpaired) electrons. The molecule has 1 aromatic carbocycles. The summed E-state index contributed by atoms with van der Waals surface area (Å²) >= 11 is 3.60. The number of hydrogen-bond donors (Lipinski definition) is 1. The number of hydrogen-bond acceptors (Lipinski definition) is 6. The molecule has 1 fully saturated rings. The second-order valence-corrected chi connectivity index (χ2v) is 8.86. The van der Waals surface area contributed by atoms with Gasteiger partial charge in [0.2, 0.25) is 5.91 Å². The minimum absolute atomic E-state index is 0.130. The molecular formula is C22H20BrN5O4. The van der Waals surface area contributed by atoms with Crippen LogP contribution in [0.2, 0.25) is 0 Å². The Bertz CT molecular complexity index is 1250. The molecule has 0 unspecified atom stereocenters. The van der Waals surface area contributed by atoms with Crippen molar-refractivity contribution in [1.82, 2.24) is 20.1 Å². The van der Waals surface area contributed by atoms with Crippen molar-refractivity contribution in [3.63, 3.8) is 0 Å². The van der Waals surface area contributed by atoms with Crippen LogP contribution in [0.3, 0.4) is 0 Å². The molecule has 0 bridgehead atoms. The normalized spacial score (nSPS) is 17.1. The van der Waals surface area contributed by atoms with Gasteiger partial charge in [0.1, 0.15) is 12.2 Å². The lowest BCUT2D eigenvalue weighted by Gasteiger charge is -2.38. The van der Waals surface area contributed by atoms with E-state index >= 15 is 0 Å². The van der Waals surface area contributed by atoms with E-state index in [4.69, 9.17) is 4.74 Å². The number of methoxy groups -OCH3 is 1. The van der Waals surface area contributed by atoms with Crippen LogP contribution in [0.5, 0.6) is 0 Å². The summed E-state index contributed by atoms with van der Waals surface area (Å²) in [7, 11) is 1.31. The Morgan fingerprint density at radius 2 is 2.03 bits per heavy atom. The number of aromatic nitrogens is 3. The lowest BCUT2D eigenvalue weighted by atomic mass is 9.73. The summed E-state index contributed by atoms with van der Waals surface area (Å²) in [5, 5.41) is 7.61. The number of fused-ring (bicyclic) bond motifs is 3. The number of esters is 1. The van der Waals surface area contributed by atoms with E-state index in [1.165, 1.54) is 12.0 Å². The van der Waals surface area contributed by atoms with Gasteiger partial charge in [-0.1, -0.05) is 22.0 Å². The van der Waals surface area contributed by atoms with E-state index in [0.29, 0.717) is 37.3 Å². The molecule has 2 amide bonds. The predicted octanol–water partition coefficient (Wildman–Crippen LogP) is 2.41. The Balaban J connectivity index is 1.42. The van der Waals surface area contributed by atoms with E-state index in [-0.39, 0.29) is 18.4 Å². The molecular weight excluding hydrogens is 478 g/mol. The summed E-state index contributed by atoms with van der Waals surface area (Å²) in [5.74, 6) is -0.781. The Labute approximate surface area is 191 Å². The number of nitrogens with zero attached hydrogens (tertiary/aromatic N) is 4. The first-order valence-corrected chi connectivity index (χ1v) is 11.0. The number of piperidine rings is 1. The molecule has 9 nitrogen and oxygen atoms in total. The van der Waals surface area contributed by atoms with Crippen molar-refractivity contribution in [1.29, 1.82) is 0 Å². The maximum Gasteiger partial charge on any atom is 0.325 e. The maximum atomic E-state index is 13.6. The number of halogens is 1. The number of likely N-dealkylation sites (tertiary alicyclic amines) is 1. The van der Waals surface area contributed by atoms with E-state index in [1.54, 1.807) is 23.4 Å². The standard InChI is InChI=1S/C22H20BrN5O4/c1-32-18(29)12-28-17-4-2-3-14(23)19(17)22(21(28)31)5-7-27(8-6-22)20(30)15-9-13-10-25-26-16(13)11-24-15/h2-4,9-11H,5-8,12H2,1H3,(H,25,26). The van der Waals surface area contributed by atoms with Crippen LogP contribution in [0.4, 0.5) is 5.69 Å². The molecule has 0 saturated carbocycles. The van der Waals surface area contributed by atoms with Crippen LogP contribution < -0.4 is 4.90 Å². The topological polar surface area (TPSA) is 108 Å². The highest BCUT2D eigenvalue weighted by atomic mass is 79.9. The Morgan fingerprint density at radius 3 is 2.78 bits per heavy atom. The molecule has 4 heterocycles. The van der Waals surface area contributed by atoms with Crippen molar-refractivity contribution >= 4 is 50.3 Å².